The van der Waals surface area contributed by atoms with Crippen LogP contribution in [0.1, 0.15) is 6.92 Å². The summed E-state index contributed by atoms with van der Waals surface area (Å²) in [6, 6.07) is 3.86. The Balaban J connectivity index is 0.000000307. The van der Waals surface area contributed by atoms with Crippen molar-refractivity contribution in [2.45, 2.75) is 13.0 Å². The minimum atomic E-state index is 0.00722. The summed E-state index contributed by atoms with van der Waals surface area (Å²) in [6.45, 7) is 11.3. The van der Waals surface area contributed by atoms with Gasteiger partial charge in [-0.25, -0.2) is 0 Å². The Morgan fingerprint density at radius 2 is 1.80 bits per heavy atom. The third-order valence-corrected chi connectivity index (χ3v) is 2.66. The minimum Gasteiger partial charge on any atom is -0.379 e. The van der Waals surface area contributed by atoms with Gasteiger partial charge in [-0.05, 0) is 6.92 Å². The third-order valence-electron chi connectivity index (χ3n) is 2.66. The van der Waals surface area contributed by atoms with E-state index in [1.54, 1.807) is 6.07 Å². The lowest BCUT2D eigenvalue weighted by atomic mass is 10.1. The molecular weight excluding hydrogens is 256 g/mol. The average molecular weight is 280 g/mol. The molecule has 2 aliphatic heterocycles. The van der Waals surface area contributed by atoms with Crippen LogP contribution in [0.15, 0.2) is 12.7 Å². The number of allylic oxidation sites excluding steroid dienone is 1. The van der Waals surface area contributed by atoms with Crippen LogP contribution >= 0.6 is 0 Å². The van der Waals surface area contributed by atoms with Crippen LogP contribution in [0.4, 0.5) is 0 Å². The standard InChI is InChI=1S/C7H12N2O.C4H9NO.C3H3N/c1-6(4-8)7-5-9-2-3-10-7;1-3-6-4-2-5-1;1-2-3-4/h6-7,9H,2-3,5H2,1H3;5H,1-4H2;2H,1H2. The molecule has 2 unspecified atom stereocenters. The highest BCUT2D eigenvalue weighted by molar-refractivity contribution is 4.93. The summed E-state index contributed by atoms with van der Waals surface area (Å²) in [5.41, 5.74) is 0. The van der Waals surface area contributed by atoms with Crippen molar-refractivity contribution in [3.8, 4) is 12.1 Å². The predicted molar refractivity (Wildman–Crippen MR) is 76.9 cm³/mol. The molecule has 6 heteroatoms. The molecule has 0 aromatic carbocycles. The number of nitrogens with zero attached hydrogens (tertiary/aromatic N) is 2. The number of nitriles is 2. The smallest absolute Gasteiger partial charge is 0.0905 e. The molecule has 2 aliphatic rings. The highest BCUT2D eigenvalue weighted by Gasteiger charge is 2.19. The van der Waals surface area contributed by atoms with Crippen molar-refractivity contribution in [2.24, 2.45) is 5.92 Å². The maximum absolute atomic E-state index is 8.53. The number of rotatable bonds is 1. The van der Waals surface area contributed by atoms with E-state index in [1.165, 1.54) is 6.08 Å². The first-order chi connectivity index (χ1) is 9.76. The van der Waals surface area contributed by atoms with Crippen molar-refractivity contribution in [3.05, 3.63) is 12.7 Å². The molecule has 0 bridgehead atoms. The molecule has 2 fully saturated rings. The summed E-state index contributed by atoms with van der Waals surface area (Å²) in [4.78, 5) is 0. The van der Waals surface area contributed by atoms with Crippen LogP contribution in [0.25, 0.3) is 0 Å². The number of ether oxygens (including phenoxy) is 2. The van der Waals surface area contributed by atoms with E-state index in [-0.39, 0.29) is 12.0 Å². The van der Waals surface area contributed by atoms with Gasteiger partial charge in [0, 0.05) is 32.3 Å². The van der Waals surface area contributed by atoms with Gasteiger partial charge in [0.15, 0.2) is 0 Å². The van der Waals surface area contributed by atoms with E-state index in [0.29, 0.717) is 0 Å². The SMILES string of the molecule is C1COCCN1.C=CC#N.CC(C#N)C1CNCCO1. The summed E-state index contributed by atoms with van der Waals surface area (Å²) < 4.78 is 10.4. The first-order valence-electron chi connectivity index (χ1n) is 6.77. The molecule has 0 radical (unpaired) electrons. The zero-order valence-electron chi connectivity index (χ0n) is 12.1. The Labute approximate surface area is 121 Å². The quantitative estimate of drug-likeness (QED) is 0.677. The lowest BCUT2D eigenvalue weighted by Crippen LogP contribution is -2.41. The van der Waals surface area contributed by atoms with Crippen molar-refractivity contribution in [2.75, 3.05) is 46.0 Å². The third kappa shape index (κ3) is 10.5. The minimum absolute atomic E-state index is 0.00722. The Morgan fingerprint density at radius 3 is 2.10 bits per heavy atom. The molecule has 0 aliphatic carbocycles. The van der Waals surface area contributed by atoms with Gasteiger partial charge in [-0.3, -0.25) is 0 Å². The van der Waals surface area contributed by atoms with E-state index in [1.807, 2.05) is 6.92 Å². The van der Waals surface area contributed by atoms with Crippen molar-refractivity contribution in [3.63, 3.8) is 0 Å². The van der Waals surface area contributed by atoms with Crippen LogP contribution in [0.5, 0.6) is 0 Å². The molecule has 2 heterocycles. The molecule has 2 N–H and O–H groups in total. The van der Waals surface area contributed by atoms with Gasteiger partial charge in [-0.1, -0.05) is 6.58 Å². The molecular formula is C14H24N4O2. The topological polar surface area (TPSA) is 90.1 Å². The largest absolute Gasteiger partial charge is 0.379 e. The zero-order chi connectivity index (χ0) is 15.1. The van der Waals surface area contributed by atoms with E-state index in [2.05, 4.69) is 23.3 Å². The second-order valence-corrected chi connectivity index (χ2v) is 4.23. The lowest BCUT2D eigenvalue weighted by molar-refractivity contribution is 0.00910. The van der Waals surface area contributed by atoms with Gasteiger partial charge in [0.1, 0.15) is 0 Å². The maximum atomic E-state index is 8.53. The molecule has 2 rings (SSSR count). The van der Waals surface area contributed by atoms with Crippen molar-refractivity contribution in [1.82, 2.24) is 10.6 Å². The predicted octanol–water partition coefficient (Wildman–Crippen LogP) is 0.437. The molecule has 0 aromatic rings. The van der Waals surface area contributed by atoms with Crippen LogP contribution in [-0.2, 0) is 9.47 Å². The number of nitrogens with one attached hydrogen (secondary N) is 2. The van der Waals surface area contributed by atoms with Crippen LogP contribution < -0.4 is 10.6 Å². The van der Waals surface area contributed by atoms with Crippen molar-refractivity contribution in [1.29, 1.82) is 10.5 Å². The Bertz CT molecular complexity index is 301. The molecule has 2 atom stereocenters. The Morgan fingerprint density at radius 1 is 1.20 bits per heavy atom. The molecule has 6 nitrogen and oxygen atoms in total. The van der Waals surface area contributed by atoms with Crippen molar-refractivity contribution >= 4 is 0 Å². The molecule has 0 amide bonds. The summed E-state index contributed by atoms with van der Waals surface area (Å²) in [5.74, 6) is 0.00722. The van der Waals surface area contributed by atoms with Gasteiger partial charge in [0.2, 0.25) is 0 Å². The van der Waals surface area contributed by atoms with E-state index in [9.17, 15) is 0 Å². The van der Waals surface area contributed by atoms with Gasteiger partial charge >= 0.3 is 0 Å². The van der Waals surface area contributed by atoms with Crippen LogP contribution in [-0.4, -0.2) is 52.1 Å². The monoisotopic (exact) mass is 280 g/mol. The van der Waals surface area contributed by atoms with Gasteiger partial charge < -0.3 is 20.1 Å². The van der Waals surface area contributed by atoms with Gasteiger partial charge in [0.25, 0.3) is 0 Å². The summed E-state index contributed by atoms with van der Waals surface area (Å²) >= 11 is 0. The fourth-order valence-electron chi connectivity index (χ4n) is 1.51. The maximum Gasteiger partial charge on any atom is 0.0905 e. The Kier molecular flexibility index (Phi) is 13.0. The molecule has 0 aromatic heterocycles. The lowest BCUT2D eigenvalue weighted by Gasteiger charge is -2.24. The van der Waals surface area contributed by atoms with Crippen molar-refractivity contribution < 1.29 is 9.47 Å². The number of hydrogen-bond acceptors (Lipinski definition) is 6. The molecule has 0 spiro atoms. The average Bonchev–Trinajstić information content (AvgIpc) is 2.57. The van der Waals surface area contributed by atoms with E-state index < -0.39 is 0 Å². The summed E-state index contributed by atoms with van der Waals surface area (Å²) in [7, 11) is 0. The second-order valence-electron chi connectivity index (χ2n) is 4.23. The fourth-order valence-corrected chi connectivity index (χ4v) is 1.51. The second kappa shape index (κ2) is 14.0. The number of morpholine rings is 2. The fraction of sp³-hybridized carbons (Fsp3) is 0.714. The normalized spacial score (nSPS) is 22.4. The summed E-state index contributed by atoms with van der Waals surface area (Å²) in [6.07, 6.45) is 1.28. The van der Waals surface area contributed by atoms with Gasteiger partial charge in [-0.15, -0.1) is 0 Å². The Hall–Kier alpha value is -1.44. The van der Waals surface area contributed by atoms with E-state index >= 15 is 0 Å². The van der Waals surface area contributed by atoms with Crippen LogP contribution in [0.3, 0.4) is 0 Å². The van der Waals surface area contributed by atoms with Gasteiger partial charge in [0.05, 0.1) is 44.0 Å². The molecule has 112 valence electrons. The van der Waals surface area contributed by atoms with E-state index in [4.69, 9.17) is 20.0 Å². The highest BCUT2D eigenvalue weighted by Crippen LogP contribution is 2.07. The summed E-state index contributed by atoms with van der Waals surface area (Å²) in [5, 5.41) is 22.4. The first-order valence-corrected chi connectivity index (χ1v) is 6.77. The zero-order valence-corrected chi connectivity index (χ0v) is 12.1. The molecule has 2 saturated heterocycles. The first kappa shape index (κ1) is 18.6. The molecule has 0 saturated carbocycles. The van der Waals surface area contributed by atoms with Crippen LogP contribution in [0, 0.1) is 28.6 Å². The van der Waals surface area contributed by atoms with Crippen LogP contribution in [0.2, 0.25) is 0 Å². The molecule has 20 heavy (non-hydrogen) atoms. The van der Waals surface area contributed by atoms with E-state index in [0.717, 1.165) is 46.0 Å². The number of hydrogen-bond donors (Lipinski definition) is 2. The highest BCUT2D eigenvalue weighted by atomic mass is 16.5. The van der Waals surface area contributed by atoms with Gasteiger partial charge in [-0.2, -0.15) is 10.5 Å².